The summed E-state index contributed by atoms with van der Waals surface area (Å²) in [5, 5.41) is 0. The smallest absolute Gasteiger partial charge is 0.311 e. The van der Waals surface area contributed by atoms with Crippen LogP contribution < -0.4 is 0 Å². The number of carbonyl (C=O) groups excluding carboxylic acids is 6. The van der Waals surface area contributed by atoms with Crippen LogP contribution in [0.4, 0.5) is 0 Å². The second-order valence-electron chi connectivity index (χ2n) is 35.0. The molecule has 492 valence electrons. The van der Waals surface area contributed by atoms with Gasteiger partial charge in [-0.25, -0.2) is 0 Å². The molecule has 0 saturated heterocycles. The highest BCUT2D eigenvalue weighted by molar-refractivity contribution is 5.78. The van der Waals surface area contributed by atoms with E-state index in [4.69, 9.17) is 28.4 Å². The van der Waals surface area contributed by atoms with E-state index in [0.29, 0.717) is 65.1 Å². The van der Waals surface area contributed by atoms with Gasteiger partial charge in [-0.3, -0.25) is 28.8 Å². The van der Waals surface area contributed by atoms with E-state index in [-0.39, 0.29) is 106 Å². The molecule has 17 saturated carbocycles. The second kappa shape index (κ2) is 24.0. The van der Waals surface area contributed by atoms with E-state index in [1.54, 1.807) is 0 Å². The van der Waals surface area contributed by atoms with Crippen molar-refractivity contribution in [3.05, 3.63) is 0 Å². The highest BCUT2D eigenvalue weighted by atomic mass is 16.6. The minimum absolute atomic E-state index is 0.00275. The van der Waals surface area contributed by atoms with Gasteiger partial charge in [-0.05, 0) is 316 Å². The van der Waals surface area contributed by atoms with Crippen LogP contribution in [-0.4, -0.2) is 70.9 Å². The number of ether oxygens (including phenoxy) is 6. The molecule has 0 aromatic heterocycles. The van der Waals surface area contributed by atoms with Crippen LogP contribution in [0.25, 0.3) is 0 Å². The van der Waals surface area contributed by atoms with Crippen LogP contribution in [0.3, 0.4) is 0 Å². The maximum atomic E-state index is 13.5. The molecule has 12 heteroatoms. The van der Waals surface area contributed by atoms with Gasteiger partial charge in [0.05, 0.1) is 34.5 Å². The first-order valence-corrected chi connectivity index (χ1v) is 37.2. The fourth-order valence-corrected chi connectivity index (χ4v) is 24.1. The molecule has 17 atom stereocenters. The fraction of sp³-hybridized carbons (Fsp3) is 0.921. The van der Waals surface area contributed by atoms with Gasteiger partial charge in [0, 0.05) is 11.8 Å². The predicted octanol–water partition coefficient (Wildman–Crippen LogP) is 15.8. The maximum absolute atomic E-state index is 13.5. The molecule has 0 N–H and O–H groups in total. The van der Waals surface area contributed by atoms with Gasteiger partial charge in [0.2, 0.25) is 0 Å². The van der Waals surface area contributed by atoms with Crippen molar-refractivity contribution < 1.29 is 57.2 Å². The molecule has 17 aliphatic rings. The Morgan fingerprint density at radius 3 is 1.33 bits per heavy atom. The van der Waals surface area contributed by atoms with Crippen molar-refractivity contribution in [2.24, 2.45) is 141 Å². The van der Waals surface area contributed by atoms with Gasteiger partial charge in [0.15, 0.2) is 0 Å². The molecule has 12 nitrogen and oxygen atoms in total. The molecular weight excluding hydrogens is 1100 g/mol. The van der Waals surface area contributed by atoms with E-state index in [1.165, 1.54) is 89.9 Å². The first-order valence-electron chi connectivity index (χ1n) is 37.2. The summed E-state index contributed by atoms with van der Waals surface area (Å²) in [4.78, 5) is 77.7. The van der Waals surface area contributed by atoms with Crippen LogP contribution in [0.2, 0.25) is 0 Å². The highest BCUT2D eigenvalue weighted by Gasteiger charge is 2.68. The Morgan fingerprint density at radius 2 is 0.864 bits per heavy atom. The van der Waals surface area contributed by atoms with Crippen molar-refractivity contribution in [2.75, 3.05) is 0 Å². The fourth-order valence-electron chi connectivity index (χ4n) is 24.1. The van der Waals surface area contributed by atoms with Crippen LogP contribution in [0.1, 0.15) is 262 Å². The normalized spacial score (nSPS) is 46.1. The minimum atomic E-state index is -0.454. The SMILES string of the molecule is CCC(C)(C)C(=O)OC1CC2CC(C(=O)OC3(C)C4CC5CC(C4)CC3C5)C1C2.CCC(C)(C)C(=O)OC1CC2CC(C(=O)OC3(CC)C4CC5CC(C4)CC3C5)C1C2.CCC(C)C(=O)OC1CC2CC1C1C3CC(CC3C(=O)OC3(CC)CCCC3)C21. The van der Waals surface area contributed by atoms with Crippen LogP contribution in [-0.2, 0) is 57.2 Å². The standard InChI is InChI=1S/C26H40O4.2C25H38O4/c1-5-25(3,4)24(28)29-22-14-17-12-20(22)21(13-17)23(27)30-26(6-2)18-8-15-7-16(10-18)11-19(26)9-15;1-5-24(2,3)23(27)28-21-13-16-11-19(21)20(12-16)22(26)29-25(4)17-7-14-6-15(9-17)10-18(25)8-14;1-4-14(3)23(26)28-20-13-16-12-19(20)22-17-10-15(21(16)22)11-18(17)24(27)29-25(5-2)8-6-7-9-25/h15-22H,5-14H2,1-4H3;14-21H,5-13H2,1-4H3;14-22H,4-13H2,1-3H3. The summed E-state index contributed by atoms with van der Waals surface area (Å²) in [6, 6.07) is 0. The van der Waals surface area contributed by atoms with Gasteiger partial charge in [0.25, 0.3) is 0 Å². The Hall–Kier alpha value is -3.18. The molecule has 16 bridgehead atoms. The van der Waals surface area contributed by atoms with Crippen molar-refractivity contribution in [2.45, 2.75) is 297 Å². The average molecular weight is 1220 g/mol. The van der Waals surface area contributed by atoms with Crippen molar-refractivity contribution >= 4 is 35.8 Å². The lowest BCUT2D eigenvalue weighted by Crippen LogP contribution is -2.60. The third-order valence-corrected chi connectivity index (χ3v) is 29.8. The quantitative estimate of drug-likeness (QED) is 0.0772. The van der Waals surface area contributed by atoms with Gasteiger partial charge in [-0.2, -0.15) is 0 Å². The summed E-state index contributed by atoms with van der Waals surface area (Å²) in [5.74, 6) is 10.6. The van der Waals surface area contributed by atoms with Crippen LogP contribution in [0.5, 0.6) is 0 Å². The lowest BCUT2D eigenvalue weighted by Gasteiger charge is -2.60. The zero-order valence-corrected chi connectivity index (χ0v) is 56.3. The van der Waals surface area contributed by atoms with Gasteiger partial charge >= 0.3 is 35.8 Å². The molecule has 0 aliphatic heterocycles. The molecule has 88 heavy (non-hydrogen) atoms. The minimum Gasteiger partial charge on any atom is -0.462 e. The lowest BCUT2D eigenvalue weighted by atomic mass is 9.49. The summed E-state index contributed by atoms with van der Waals surface area (Å²) in [5.41, 5.74) is -1.57. The Bertz CT molecular complexity index is 2570. The highest BCUT2D eigenvalue weighted by Crippen LogP contribution is 2.70. The third kappa shape index (κ3) is 11.2. The first-order chi connectivity index (χ1) is 41.9. The molecule has 0 aromatic rings. The Labute approximate surface area is 529 Å². The van der Waals surface area contributed by atoms with Crippen LogP contribution in [0.15, 0.2) is 0 Å². The molecular formula is C76H116O12. The van der Waals surface area contributed by atoms with Crippen LogP contribution in [0, 0.1) is 141 Å². The van der Waals surface area contributed by atoms with Gasteiger partial charge in [-0.15, -0.1) is 0 Å². The van der Waals surface area contributed by atoms with E-state index in [1.807, 2.05) is 55.4 Å². The average Bonchev–Trinajstić information content (AvgIpc) is 1.45. The monoisotopic (exact) mass is 1220 g/mol. The molecule has 0 spiro atoms. The molecule has 17 fully saturated rings. The molecule has 17 aliphatic carbocycles. The summed E-state index contributed by atoms with van der Waals surface area (Å²) >= 11 is 0. The van der Waals surface area contributed by atoms with E-state index < -0.39 is 10.8 Å². The summed E-state index contributed by atoms with van der Waals surface area (Å²) in [7, 11) is 0. The Morgan fingerprint density at radius 1 is 0.432 bits per heavy atom. The first kappa shape index (κ1) is 63.6. The van der Waals surface area contributed by atoms with Crippen molar-refractivity contribution in [3.8, 4) is 0 Å². The summed E-state index contributed by atoms with van der Waals surface area (Å²) in [6.07, 6.45) is 31.7. The number of rotatable bonds is 17. The molecule has 17 unspecified atom stereocenters. The predicted molar refractivity (Wildman–Crippen MR) is 334 cm³/mol. The topological polar surface area (TPSA) is 158 Å². The van der Waals surface area contributed by atoms with E-state index in [9.17, 15) is 28.8 Å². The number of hydrogen-bond acceptors (Lipinski definition) is 12. The number of hydrogen-bond donors (Lipinski definition) is 0. The van der Waals surface area contributed by atoms with E-state index in [0.717, 1.165) is 126 Å². The molecule has 0 amide bonds. The van der Waals surface area contributed by atoms with Crippen molar-refractivity contribution in [1.82, 2.24) is 0 Å². The zero-order chi connectivity index (χ0) is 62.1. The summed E-state index contributed by atoms with van der Waals surface area (Å²) < 4.78 is 37.1. The second-order valence-corrected chi connectivity index (χ2v) is 35.0. The van der Waals surface area contributed by atoms with Gasteiger partial charge < -0.3 is 28.4 Å². The molecule has 0 heterocycles. The van der Waals surface area contributed by atoms with E-state index in [2.05, 4.69) is 20.8 Å². The van der Waals surface area contributed by atoms with Crippen molar-refractivity contribution in [1.29, 1.82) is 0 Å². The largest absolute Gasteiger partial charge is 0.462 e. The van der Waals surface area contributed by atoms with Crippen molar-refractivity contribution in [3.63, 3.8) is 0 Å². The third-order valence-electron chi connectivity index (χ3n) is 29.8. The number of fused-ring (bicyclic) bond motifs is 13. The number of esters is 6. The molecule has 17 rings (SSSR count). The lowest BCUT2D eigenvalue weighted by molar-refractivity contribution is -0.217. The Balaban J connectivity index is 0.000000122. The maximum Gasteiger partial charge on any atom is 0.311 e. The van der Waals surface area contributed by atoms with E-state index >= 15 is 0 Å². The molecule has 0 radical (unpaired) electrons. The van der Waals surface area contributed by atoms with Crippen LogP contribution >= 0.6 is 0 Å². The molecule has 0 aromatic carbocycles. The van der Waals surface area contributed by atoms with Gasteiger partial charge in [-0.1, -0.05) is 41.5 Å². The Kier molecular flexibility index (Phi) is 17.3. The summed E-state index contributed by atoms with van der Waals surface area (Å²) in [6.45, 7) is 22.5. The number of carbonyl (C=O) groups is 6. The zero-order valence-electron chi connectivity index (χ0n) is 56.3. The van der Waals surface area contributed by atoms with Gasteiger partial charge in [0.1, 0.15) is 35.1 Å².